The Hall–Kier alpha value is -1.72. The average molecular weight is 272 g/mol. The summed E-state index contributed by atoms with van der Waals surface area (Å²) in [6.07, 6.45) is 0. The van der Waals surface area contributed by atoms with Crippen LogP contribution in [-0.2, 0) is 6.54 Å². The molecule has 2 heterocycles. The van der Waals surface area contributed by atoms with Gasteiger partial charge in [0.25, 0.3) is 0 Å². The number of benzene rings is 1. The summed E-state index contributed by atoms with van der Waals surface area (Å²) in [5.41, 5.74) is 2.20. The van der Waals surface area contributed by atoms with Crippen LogP contribution in [0.1, 0.15) is 18.4 Å². The summed E-state index contributed by atoms with van der Waals surface area (Å²) in [5, 5.41) is 11.7. The lowest BCUT2D eigenvalue weighted by molar-refractivity contribution is 0.184. The SMILES string of the molecule is Cc1ccc(-c2nnc(CN3CCN[C@@H](C)C3)o2)cc1. The number of aromatic nitrogens is 2. The average Bonchev–Trinajstić information content (AvgIpc) is 2.88. The van der Waals surface area contributed by atoms with Crippen molar-refractivity contribution in [2.45, 2.75) is 26.4 Å². The minimum atomic E-state index is 0.517. The molecule has 20 heavy (non-hydrogen) atoms. The third-order valence-corrected chi connectivity index (χ3v) is 3.58. The third kappa shape index (κ3) is 3.05. The van der Waals surface area contributed by atoms with Crippen molar-refractivity contribution >= 4 is 0 Å². The standard InChI is InChI=1S/C15H20N4O/c1-11-3-5-13(6-4-11)15-18-17-14(20-15)10-19-8-7-16-12(2)9-19/h3-6,12,16H,7-10H2,1-2H3/t12-/m0/s1. The first kappa shape index (κ1) is 13.3. The molecule has 0 amide bonds. The highest BCUT2D eigenvalue weighted by molar-refractivity contribution is 5.52. The molecule has 0 unspecified atom stereocenters. The Balaban J connectivity index is 1.69. The molecule has 0 radical (unpaired) electrons. The molecule has 106 valence electrons. The fourth-order valence-electron chi connectivity index (χ4n) is 2.48. The van der Waals surface area contributed by atoms with Gasteiger partial charge in [0, 0.05) is 31.2 Å². The monoisotopic (exact) mass is 272 g/mol. The maximum atomic E-state index is 5.76. The summed E-state index contributed by atoms with van der Waals surface area (Å²) >= 11 is 0. The van der Waals surface area contributed by atoms with Crippen LogP contribution in [-0.4, -0.2) is 40.8 Å². The number of rotatable bonds is 3. The van der Waals surface area contributed by atoms with E-state index in [1.54, 1.807) is 0 Å². The van der Waals surface area contributed by atoms with Crippen LogP contribution in [0.25, 0.3) is 11.5 Å². The Kier molecular flexibility index (Phi) is 3.80. The lowest BCUT2D eigenvalue weighted by Gasteiger charge is -2.30. The van der Waals surface area contributed by atoms with E-state index in [1.807, 2.05) is 12.1 Å². The van der Waals surface area contributed by atoms with Gasteiger partial charge in [-0.3, -0.25) is 4.90 Å². The Morgan fingerprint density at radius 1 is 1.30 bits per heavy atom. The van der Waals surface area contributed by atoms with Gasteiger partial charge in [0.15, 0.2) is 0 Å². The molecule has 0 saturated carbocycles. The lowest BCUT2D eigenvalue weighted by atomic mass is 10.1. The van der Waals surface area contributed by atoms with Gasteiger partial charge in [-0.05, 0) is 26.0 Å². The van der Waals surface area contributed by atoms with E-state index in [2.05, 4.69) is 46.4 Å². The van der Waals surface area contributed by atoms with Crippen molar-refractivity contribution < 1.29 is 4.42 Å². The minimum absolute atomic E-state index is 0.517. The summed E-state index contributed by atoms with van der Waals surface area (Å²) in [4.78, 5) is 2.34. The molecule has 3 rings (SSSR count). The Morgan fingerprint density at radius 2 is 2.10 bits per heavy atom. The van der Waals surface area contributed by atoms with Crippen molar-refractivity contribution in [3.8, 4) is 11.5 Å². The highest BCUT2D eigenvalue weighted by atomic mass is 16.4. The predicted molar refractivity (Wildman–Crippen MR) is 77.2 cm³/mol. The van der Waals surface area contributed by atoms with E-state index in [9.17, 15) is 0 Å². The summed E-state index contributed by atoms with van der Waals surface area (Å²) in [7, 11) is 0. The van der Waals surface area contributed by atoms with Crippen LogP contribution >= 0.6 is 0 Å². The molecule has 0 aliphatic carbocycles. The van der Waals surface area contributed by atoms with Crippen molar-refractivity contribution in [3.63, 3.8) is 0 Å². The van der Waals surface area contributed by atoms with Gasteiger partial charge < -0.3 is 9.73 Å². The largest absolute Gasteiger partial charge is 0.419 e. The van der Waals surface area contributed by atoms with Gasteiger partial charge in [-0.15, -0.1) is 10.2 Å². The number of hydrogen-bond donors (Lipinski definition) is 1. The zero-order chi connectivity index (χ0) is 13.9. The second kappa shape index (κ2) is 5.73. The van der Waals surface area contributed by atoms with Crippen LogP contribution in [0.2, 0.25) is 0 Å². The molecule has 5 nitrogen and oxygen atoms in total. The van der Waals surface area contributed by atoms with Gasteiger partial charge in [0.1, 0.15) is 0 Å². The van der Waals surface area contributed by atoms with E-state index in [4.69, 9.17) is 4.42 Å². The summed E-state index contributed by atoms with van der Waals surface area (Å²) in [6, 6.07) is 8.65. The molecule has 1 aliphatic rings. The summed E-state index contributed by atoms with van der Waals surface area (Å²) < 4.78 is 5.76. The molecule has 1 fully saturated rings. The number of nitrogens with zero attached hydrogens (tertiary/aromatic N) is 3. The van der Waals surface area contributed by atoms with Crippen LogP contribution in [0.4, 0.5) is 0 Å². The van der Waals surface area contributed by atoms with Crippen LogP contribution in [0.15, 0.2) is 28.7 Å². The second-order valence-electron chi connectivity index (χ2n) is 5.46. The number of hydrogen-bond acceptors (Lipinski definition) is 5. The topological polar surface area (TPSA) is 54.2 Å². The zero-order valence-corrected chi connectivity index (χ0v) is 12.0. The van der Waals surface area contributed by atoms with Gasteiger partial charge in [0.2, 0.25) is 11.8 Å². The number of piperazine rings is 1. The van der Waals surface area contributed by atoms with E-state index < -0.39 is 0 Å². The summed E-state index contributed by atoms with van der Waals surface area (Å²) in [6.45, 7) is 8.03. The van der Waals surface area contributed by atoms with Crippen molar-refractivity contribution in [1.29, 1.82) is 0 Å². The molecule has 0 spiro atoms. The first-order valence-corrected chi connectivity index (χ1v) is 7.06. The van der Waals surface area contributed by atoms with E-state index >= 15 is 0 Å². The van der Waals surface area contributed by atoms with Crippen molar-refractivity contribution in [2.75, 3.05) is 19.6 Å². The molecule has 0 bridgehead atoms. The maximum absolute atomic E-state index is 5.76. The zero-order valence-electron chi connectivity index (χ0n) is 12.0. The molecular weight excluding hydrogens is 252 g/mol. The first-order chi connectivity index (χ1) is 9.70. The van der Waals surface area contributed by atoms with E-state index in [1.165, 1.54) is 5.56 Å². The van der Waals surface area contributed by atoms with E-state index in [-0.39, 0.29) is 0 Å². The van der Waals surface area contributed by atoms with Crippen molar-refractivity contribution in [3.05, 3.63) is 35.7 Å². The number of aryl methyl sites for hydroxylation is 1. The lowest BCUT2D eigenvalue weighted by Crippen LogP contribution is -2.48. The Bertz CT molecular complexity index is 564. The molecule has 1 N–H and O–H groups in total. The molecule has 1 aromatic carbocycles. The van der Waals surface area contributed by atoms with Gasteiger partial charge in [-0.1, -0.05) is 17.7 Å². The molecule has 1 aromatic heterocycles. The molecule has 1 saturated heterocycles. The fourth-order valence-corrected chi connectivity index (χ4v) is 2.48. The number of nitrogens with one attached hydrogen (secondary N) is 1. The second-order valence-corrected chi connectivity index (χ2v) is 5.46. The minimum Gasteiger partial charge on any atom is -0.419 e. The van der Waals surface area contributed by atoms with Gasteiger partial charge >= 0.3 is 0 Å². The van der Waals surface area contributed by atoms with Crippen LogP contribution in [0, 0.1) is 6.92 Å². The predicted octanol–water partition coefficient (Wildman–Crippen LogP) is 1.84. The normalized spacial score (nSPS) is 20.2. The van der Waals surface area contributed by atoms with Crippen LogP contribution < -0.4 is 5.32 Å². The van der Waals surface area contributed by atoms with Crippen molar-refractivity contribution in [2.24, 2.45) is 0 Å². The quantitative estimate of drug-likeness (QED) is 0.924. The van der Waals surface area contributed by atoms with Crippen LogP contribution in [0.5, 0.6) is 0 Å². The molecule has 5 heteroatoms. The Labute approximate surface area is 119 Å². The molecule has 2 aromatic rings. The van der Waals surface area contributed by atoms with Gasteiger partial charge in [-0.25, -0.2) is 0 Å². The highest BCUT2D eigenvalue weighted by Crippen LogP contribution is 2.19. The van der Waals surface area contributed by atoms with E-state index in [0.29, 0.717) is 17.8 Å². The maximum Gasteiger partial charge on any atom is 0.247 e. The molecular formula is C15H20N4O. The smallest absolute Gasteiger partial charge is 0.247 e. The van der Waals surface area contributed by atoms with Gasteiger partial charge in [-0.2, -0.15) is 0 Å². The highest BCUT2D eigenvalue weighted by Gasteiger charge is 2.18. The fraction of sp³-hybridized carbons (Fsp3) is 0.467. The van der Waals surface area contributed by atoms with Crippen molar-refractivity contribution in [1.82, 2.24) is 20.4 Å². The molecule has 1 atom stereocenters. The molecule has 1 aliphatic heterocycles. The third-order valence-electron chi connectivity index (χ3n) is 3.58. The summed E-state index contributed by atoms with van der Waals surface area (Å²) in [5.74, 6) is 1.29. The van der Waals surface area contributed by atoms with Gasteiger partial charge in [0.05, 0.1) is 6.54 Å². The Morgan fingerprint density at radius 3 is 2.85 bits per heavy atom. The van der Waals surface area contributed by atoms with E-state index in [0.717, 1.165) is 31.7 Å². The van der Waals surface area contributed by atoms with Crippen LogP contribution in [0.3, 0.4) is 0 Å². The first-order valence-electron chi connectivity index (χ1n) is 7.06.